The van der Waals surface area contributed by atoms with Crippen molar-refractivity contribution in [2.45, 2.75) is 19.4 Å². The largest absolute Gasteiger partial charge is 0.494 e. The second-order valence-corrected chi connectivity index (χ2v) is 8.25. The van der Waals surface area contributed by atoms with Crippen LogP contribution < -0.4 is 14.8 Å². The molecule has 31 heavy (non-hydrogen) atoms. The van der Waals surface area contributed by atoms with Crippen LogP contribution in [0, 0.1) is 11.7 Å². The summed E-state index contributed by atoms with van der Waals surface area (Å²) in [5, 5.41) is 4.61. The summed E-state index contributed by atoms with van der Waals surface area (Å²) >= 11 is 1.32. The lowest BCUT2D eigenvalue weighted by Crippen LogP contribution is -2.24. The Morgan fingerprint density at radius 3 is 2.87 bits per heavy atom. The zero-order valence-electron chi connectivity index (χ0n) is 16.9. The van der Waals surface area contributed by atoms with Crippen molar-refractivity contribution in [3.63, 3.8) is 0 Å². The lowest BCUT2D eigenvalue weighted by atomic mass is 10.1. The van der Waals surface area contributed by atoms with E-state index in [2.05, 4.69) is 10.3 Å². The molecule has 1 aliphatic carbocycles. The number of aldehydes is 1. The first-order chi connectivity index (χ1) is 15.1. The van der Waals surface area contributed by atoms with Crippen LogP contribution in [0.2, 0.25) is 0 Å². The number of benzene rings is 1. The third-order valence-electron chi connectivity index (χ3n) is 5.03. The molecule has 2 heterocycles. The molecule has 6 nitrogen and oxygen atoms in total. The molecule has 4 rings (SSSR count). The number of carbonyl (C=O) groups excluding carboxylic acids is 2. The molecule has 0 spiro atoms. The molecule has 160 valence electrons. The molecule has 0 atom stereocenters. The molecule has 1 aromatic carbocycles. The van der Waals surface area contributed by atoms with Crippen LogP contribution in [0.4, 0.5) is 4.39 Å². The Labute approximate surface area is 183 Å². The second kappa shape index (κ2) is 9.26. The molecule has 1 amide bonds. The van der Waals surface area contributed by atoms with Crippen molar-refractivity contribution in [3.8, 4) is 22.8 Å². The molecule has 0 radical (unpaired) electrons. The zero-order chi connectivity index (χ0) is 21.8. The number of ether oxygens (including phenoxy) is 2. The zero-order valence-corrected chi connectivity index (χ0v) is 17.7. The van der Waals surface area contributed by atoms with Crippen molar-refractivity contribution in [3.05, 3.63) is 63.7 Å². The van der Waals surface area contributed by atoms with E-state index in [4.69, 9.17) is 9.47 Å². The van der Waals surface area contributed by atoms with E-state index in [-0.39, 0.29) is 29.6 Å². The molecule has 0 bridgehead atoms. The van der Waals surface area contributed by atoms with Gasteiger partial charge in [0.25, 0.3) is 5.91 Å². The number of amides is 1. The summed E-state index contributed by atoms with van der Waals surface area (Å²) in [6, 6.07) is 8.01. The third-order valence-corrected chi connectivity index (χ3v) is 5.87. The van der Waals surface area contributed by atoms with Crippen LogP contribution in [-0.4, -0.2) is 30.9 Å². The van der Waals surface area contributed by atoms with E-state index in [9.17, 15) is 14.0 Å². The van der Waals surface area contributed by atoms with Crippen LogP contribution in [-0.2, 0) is 6.54 Å². The van der Waals surface area contributed by atoms with Gasteiger partial charge in [0.2, 0.25) is 5.88 Å². The first kappa shape index (κ1) is 21.0. The number of nitrogens with zero attached hydrogens (tertiary/aromatic N) is 1. The average molecular weight is 440 g/mol. The van der Waals surface area contributed by atoms with Crippen molar-refractivity contribution < 1.29 is 23.5 Å². The molecule has 0 unspecified atom stereocenters. The smallest absolute Gasteiger partial charge is 0.257 e. The summed E-state index contributed by atoms with van der Waals surface area (Å²) in [5.41, 5.74) is 2.24. The number of pyridine rings is 1. The van der Waals surface area contributed by atoms with Crippen LogP contribution in [0.25, 0.3) is 11.1 Å². The fourth-order valence-electron chi connectivity index (χ4n) is 3.11. The predicted molar refractivity (Wildman–Crippen MR) is 115 cm³/mol. The van der Waals surface area contributed by atoms with E-state index in [1.54, 1.807) is 18.3 Å². The van der Waals surface area contributed by atoms with Crippen LogP contribution in [0.1, 0.15) is 38.4 Å². The minimum absolute atomic E-state index is 0.129. The highest BCUT2D eigenvalue weighted by Crippen LogP contribution is 2.32. The Kier molecular flexibility index (Phi) is 6.27. The van der Waals surface area contributed by atoms with E-state index < -0.39 is 5.82 Å². The monoisotopic (exact) mass is 440 g/mol. The van der Waals surface area contributed by atoms with Crippen LogP contribution in [0.15, 0.2) is 41.9 Å². The molecule has 1 fully saturated rings. The Morgan fingerprint density at radius 2 is 2.16 bits per heavy atom. The summed E-state index contributed by atoms with van der Waals surface area (Å²) in [6.45, 7) is 0.637. The van der Waals surface area contributed by atoms with Gasteiger partial charge >= 0.3 is 0 Å². The van der Waals surface area contributed by atoms with Gasteiger partial charge in [0.15, 0.2) is 17.9 Å². The number of methoxy groups -OCH3 is 1. The number of thiophene rings is 1. The SMILES string of the molecule is COc1ccc(CNC(=O)c2cc(-c3ccsc3C=O)cnc2OCC2CC2)cc1F. The Hall–Kier alpha value is -3.26. The highest BCUT2D eigenvalue weighted by molar-refractivity contribution is 7.12. The standard InChI is InChI=1S/C23H21FN2O4S/c1-29-20-5-4-15(8-19(20)24)10-25-22(28)18-9-16(17-6-7-31-21(17)12-27)11-26-23(18)30-13-14-2-3-14/h4-9,11-12,14H,2-3,10,13H2,1H3,(H,25,28). The number of rotatable bonds is 9. The van der Waals surface area contributed by atoms with Gasteiger partial charge < -0.3 is 14.8 Å². The Bertz CT molecular complexity index is 1110. The molecule has 0 aliphatic heterocycles. The number of carbonyl (C=O) groups is 2. The van der Waals surface area contributed by atoms with Crippen molar-refractivity contribution in [2.24, 2.45) is 5.92 Å². The number of aromatic nitrogens is 1. The van der Waals surface area contributed by atoms with Gasteiger partial charge in [0, 0.05) is 23.9 Å². The molecule has 1 saturated carbocycles. The highest BCUT2D eigenvalue weighted by atomic mass is 32.1. The average Bonchev–Trinajstić information content (AvgIpc) is 3.50. The van der Waals surface area contributed by atoms with E-state index in [1.165, 1.54) is 30.6 Å². The van der Waals surface area contributed by atoms with Crippen LogP contribution >= 0.6 is 11.3 Å². The summed E-state index contributed by atoms with van der Waals surface area (Å²) in [4.78, 5) is 29.2. The van der Waals surface area contributed by atoms with E-state index in [1.807, 2.05) is 11.4 Å². The van der Waals surface area contributed by atoms with Crippen molar-refractivity contribution >= 4 is 23.5 Å². The molecule has 2 aromatic heterocycles. The van der Waals surface area contributed by atoms with Crippen LogP contribution in [0.5, 0.6) is 11.6 Å². The van der Waals surface area contributed by atoms with E-state index in [0.717, 1.165) is 19.1 Å². The fourth-order valence-corrected chi connectivity index (χ4v) is 3.83. The second-order valence-electron chi connectivity index (χ2n) is 7.30. The maximum Gasteiger partial charge on any atom is 0.257 e. The molecule has 1 aliphatic rings. The Morgan fingerprint density at radius 1 is 1.32 bits per heavy atom. The quantitative estimate of drug-likeness (QED) is 0.496. The minimum Gasteiger partial charge on any atom is -0.494 e. The van der Waals surface area contributed by atoms with Gasteiger partial charge in [-0.1, -0.05) is 6.07 Å². The number of nitrogens with one attached hydrogen (secondary N) is 1. The van der Waals surface area contributed by atoms with Gasteiger partial charge in [0.05, 0.1) is 18.6 Å². The van der Waals surface area contributed by atoms with Gasteiger partial charge in [-0.3, -0.25) is 9.59 Å². The first-order valence-electron chi connectivity index (χ1n) is 9.85. The third kappa shape index (κ3) is 4.91. The maximum atomic E-state index is 13.9. The van der Waals surface area contributed by atoms with Gasteiger partial charge in [-0.2, -0.15) is 0 Å². The molecule has 0 saturated heterocycles. The normalized spacial score (nSPS) is 13.0. The minimum atomic E-state index is -0.495. The van der Waals surface area contributed by atoms with Crippen molar-refractivity contribution in [1.82, 2.24) is 10.3 Å². The molecular weight excluding hydrogens is 419 g/mol. The lowest BCUT2D eigenvalue weighted by Gasteiger charge is -2.13. The summed E-state index contributed by atoms with van der Waals surface area (Å²) in [7, 11) is 1.40. The van der Waals surface area contributed by atoms with Crippen molar-refractivity contribution in [1.29, 1.82) is 0 Å². The molecule has 3 aromatic rings. The Balaban J connectivity index is 1.57. The van der Waals surface area contributed by atoms with Gasteiger partial charge in [-0.05, 0) is 54.0 Å². The number of hydrogen-bond donors (Lipinski definition) is 1. The van der Waals surface area contributed by atoms with E-state index in [0.29, 0.717) is 34.1 Å². The topological polar surface area (TPSA) is 77.5 Å². The highest BCUT2D eigenvalue weighted by Gasteiger charge is 2.24. The molecular formula is C23H21FN2O4S. The van der Waals surface area contributed by atoms with Gasteiger partial charge in [0.1, 0.15) is 5.56 Å². The van der Waals surface area contributed by atoms with Crippen LogP contribution in [0.3, 0.4) is 0 Å². The predicted octanol–water partition coefficient (Wildman–Crippen LogP) is 4.49. The molecule has 8 heteroatoms. The fraction of sp³-hybridized carbons (Fsp3) is 0.261. The maximum absolute atomic E-state index is 13.9. The first-order valence-corrected chi connectivity index (χ1v) is 10.7. The number of halogens is 1. The van der Waals surface area contributed by atoms with E-state index >= 15 is 0 Å². The summed E-state index contributed by atoms with van der Waals surface area (Å²) < 4.78 is 24.6. The molecule has 1 N–H and O–H groups in total. The van der Waals surface area contributed by atoms with Crippen molar-refractivity contribution in [2.75, 3.05) is 13.7 Å². The summed E-state index contributed by atoms with van der Waals surface area (Å²) in [5.74, 6) is 0.00380. The number of hydrogen-bond acceptors (Lipinski definition) is 6. The van der Waals surface area contributed by atoms with Gasteiger partial charge in [-0.15, -0.1) is 11.3 Å². The lowest BCUT2D eigenvalue weighted by molar-refractivity contribution is 0.0945. The summed E-state index contributed by atoms with van der Waals surface area (Å²) in [6.07, 6.45) is 4.61. The van der Waals surface area contributed by atoms with Gasteiger partial charge in [-0.25, -0.2) is 9.37 Å².